The quantitative estimate of drug-likeness (QED) is 0.240. The third kappa shape index (κ3) is 8.78. The molecule has 0 aliphatic rings. The Morgan fingerprint density at radius 3 is 2.71 bits per heavy atom. The van der Waals surface area contributed by atoms with Crippen molar-refractivity contribution in [2.45, 2.75) is 39.8 Å². The summed E-state index contributed by atoms with van der Waals surface area (Å²) in [4.78, 5) is 4.58. The molecule has 0 radical (unpaired) electrons. The standard InChI is InChI=1S/C15H30N6O2.HI/c1-6-23-9-7-8-16-15(18-12(2)11-22-5)17-10-14-20-19-13(3)21(14)4;/h12H,6-11H2,1-5H3,(H2,16,17,18);1H. The summed E-state index contributed by atoms with van der Waals surface area (Å²) in [5, 5.41) is 14.8. The summed E-state index contributed by atoms with van der Waals surface area (Å²) in [7, 11) is 3.63. The van der Waals surface area contributed by atoms with Crippen molar-refractivity contribution in [1.29, 1.82) is 0 Å². The van der Waals surface area contributed by atoms with Gasteiger partial charge in [0, 0.05) is 40.0 Å². The first-order valence-corrected chi connectivity index (χ1v) is 8.04. The molecule has 140 valence electrons. The molecule has 1 heterocycles. The Morgan fingerprint density at radius 2 is 2.12 bits per heavy atom. The molecule has 1 unspecified atom stereocenters. The third-order valence-corrected chi connectivity index (χ3v) is 3.32. The lowest BCUT2D eigenvalue weighted by molar-refractivity contribution is 0.145. The maximum atomic E-state index is 5.34. The van der Waals surface area contributed by atoms with E-state index in [1.54, 1.807) is 7.11 Å². The molecule has 0 spiro atoms. The Morgan fingerprint density at radius 1 is 1.38 bits per heavy atom. The Hall–Kier alpha value is -0.940. The van der Waals surface area contributed by atoms with E-state index in [-0.39, 0.29) is 30.0 Å². The van der Waals surface area contributed by atoms with Crippen LogP contribution in [0.25, 0.3) is 0 Å². The van der Waals surface area contributed by atoms with Crippen molar-refractivity contribution in [2.24, 2.45) is 12.0 Å². The van der Waals surface area contributed by atoms with Crippen LogP contribution in [-0.2, 0) is 23.1 Å². The predicted octanol–water partition coefficient (Wildman–Crippen LogP) is 1.24. The number of nitrogens with one attached hydrogen (secondary N) is 2. The second kappa shape index (κ2) is 13.4. The fraction of sp³-hybridized carbons (Fsp3) is 0.800. The first-order valence-electron chi connectivity index (χ1n) is 8.04. The number of ether oxygens (including phenoxy) is 2. The minimum atomic E-state index is 0. The maximum Gasteiger partial charge on any atom is 0.191 e. The van der Waals surface area contributed by atoms with Gasteiger partial charge in [-0.1, -0.05) is 0 Å². The van der Waals surface area contributed by atoms with Crippen LogP contribution in [0, 0.1) is 6.92 Å². The van der Waals surface area contributed by atoms with Crippen molar-refractivity contribution in [2.75, 3.05) is 33.5 Å². The smallest absolute Gasteiger partial charge is 0.191 e. The van der Waals surface area contributed by atoms with Gasteiger partial charge in [-0.2, -0.15) is 0 Å². The number of hydrogen-bond donors (Lipinski definition) is 2. The molecular formula is C15H31IN6O2. The number of aryl methyl sites for hydroxylation is 1. The van der Waals surface area contributed by atoms with Crippen molar-refractivity contribution in [3.05, 3.63) is 11.6 Å². The van der Waals surface area contributed by atoms with E-state index in [2.05, 4.69) is 25.8 Å². The average molecular weight is 454 g/mol. The summed E-state index contributed by atoms with van der Waals surface area (Å²) in [5.41, 5.74) is 0. The molecule has 1 aromatic heterocycles. The van der Waals surface area contributed by atoms with Gasteiger partial charge in [-0.25, -0.2) is 4.99 Å². The molecule has 0 amide bonds. The van der Waals surface area contributed by atoms with Gasteiger partial charge < -0.3 is 24.7 Å². The molecule has 9 heteroatoms. The van der Waals surface area contributed by atoms with Gasteiger partial charge >= 0.3 is 0 Å². The molecule has 8 nitrogen and oxygen atoms in total. The molecule has 1 aromatic rings. The Balaban J connectivity index is 0.00000529. The van der Waals surface area contributed by atoms with E-state index < -0.39 is 0 Å². The summed E-state index contributed by atoms with van der Waals surface area (Å²) in [6.07, 6.45) is 0.927. The molecule has 0 bridgehead atoms. The molecule has 0 fully saturated rings. The average Bonchev–Trinajstić information content (AvgIpc) is 2.84. The van der Waals surface area contributed by atoms with Gasteiger partial charge in [0.1, 0.15) is 12.4 Å². The van der Waals surface area contributed by atoms with Crippen LogP contribution in [0.5, 0.6) is 0 Å². The first-order chi connectivity index (χ1) is 11.1. The molecule has 0 aliphatic carbocycles. The van der Waals surface area contributed by atoms with E-state index in [0.717, 1.165) is 43.8 Å². The number of methoxy groups -OCH3 is 1. The SMILES string of the molecule is CCOCCCNC(=NCc1nnc(C)n1C)NC(C)COC.I. The molecule has 24 heavy (non-hydrogen) atoms. The number of hydrogen-bond acceptors (Lipinski definition) is 5. The lowest BCUT2D eigenvalue weighted by Gasteiger charge is -2.17. The number of nitrogens with zero attached hydrogens (tertiary/aromatic N) is 4. The third-order valence-electron chi connectivity index (χ3n) is 3.32. The number of aliphatic imine (C=N–C) groups is 1. The van der Waals surface area contributed by atoms with Crippen molar-refractivity contribution in [1.82, 2.24) is 25.4 Å². The topological polar surface area (TPSA) is 85.6 Å². The molecule has 2 N–H and O–H groups in total. The second-order valence-electron chi connectivity index (χ2n) is 5.37. The summed E-state index contributed by atoms with van der Waals surface area (Å²) in [6, 6.07) is 0.166. The summed E-state index contributed by atoms with van der Waals surface area (Å²) in [5.74, 6) is 2.45. The zero-order valence-corrected chi connectivity index (χ0v) is 17.7. The molecule has 1 rings (SSSR count). The van der Waals surface area contributed by atoms with Crippen molar-refractivity contribution in [3.63, 3.8) is 0 Å². The van der Waals surface area contributed by atoms with Gasteiger partial charge in [-0.15, -0.1) is 34.2 Å². The van der Waals surface area contributed by atoms with Crippen LogP contribution in [0.2, 0.25) is 0 Å². The van der Waals surface area contributed by atoms with E-state index in [1.165, 1.54) is 0 Å². The highest BCUT2D eigenvalue weighted by Crippen LogP contribution is 1.99. The molecule has 0 aromatic carbocycles. The number of aromatic nitrogens is 3. The number of rotatable bonds is 10. The van der Waals surface area contributed by atoms with Gasteiger partial charge in [0.25, 0.3) is 0 Å². The lowest BCUT2D eigenvalue weighted by Crippen LogP contribution is -2.44. The van der Waals surface area contributed by atoms with E-state index >= 15 is 0 Å². The van der Waals surface area contributed by atoms with Crippen LogP contribution in [0.1, 0.15) is 31.9 Å². The monoisotopic (exact) mass is 454 g/mol. The summed E-state index contributed by atoms with van der Waals surface area (Å²) < 4.78 is 12.4. The van der Waals surface area contributed by atoms with E-state index in [9.17, 15) is 0 Å². The maximum absolute atomic E-state index is 5.34. The molecule has 1 atom stereocenters. The van der Waals surface area contributed by atoms with Gasteiger partial charge in [0.05, 0.1) is 6.61 Å². The van der Waals surface area contributed by atoms with E-state index in [1.807, 2.05) is 32.4 Å². The second-order valence-corrected chi connectivity index (χ2v) is 5.37. The van der Waals surface area contributed by atoms with Crippen LogP contribution in [0.15, 0.2) is 4.99 Å². The van der Waals surface area contributed by atoms with E-state index in [0.29, 0.717) is 13.2 Å². The van der Waals surface area contributed by atoms with Gasteiger partial charge in [-0.05, 0) is 27.2 Å². The highest BCUT2D eigenvalue weighted by Gasteiger charge is 2.07. The fourth-order valence-electron chi connectivity index (χ4n) is 1.94. The molecular weight excluding hydrogens is 423 g/mol. The van der Waals surface area contributed by atoms with Crippen LogP contribution in [-0.4, -0.2) is 60.2 Å². The summed E-state index contributed by atoms with van der Waals surface area (Å²) >= 11 is 0. The van der Waals surface area contributed by atoms with Gasteiger partial charge in [0.15, 0.2) is 11.8 Å². The zero-order chi connectivity index (χ0) is 17.1. The predicted molar refractivity (Wildman–Crippen MR) is 106 cm³/mol. The van der Waals surface area contributed by atoms with E-state index in [4.69, 9.17) is 9.47 Å². The summed E-state index contributed by atoms with van der Waals surface area (Å²) in [6.45, 7) is 9.34. The van der Waals surface area contributed by atoms with Crippen LogP contribution in [0.4, 0.5) is 0 Å². The van der Waals surface area contributed by atoms with Crippen LogP contribution in [0.3, 0.4) is 0 Å². The largest absolute Gasteiger partial charge is 0.383 e. The molecule has 0 saturated carbocycles. The Kier molecular flexibility index (Phi) is 12.8. The van der Waals surface area contributed by atoms with Gasteiger partial charge in [-0.3, -0.25) is 0 Å². The number of halogens is 1. The Labute approximate surface area is 161 Å². The van der Waals surface area contributed by atoms with Crippen molar-refractivity contribution < 1.29 is 9.47 Å². The van der Waals surface area contributed by atoms with Crippen molar-refractivity contribution in [3.8, 4) is 0 Å². The normalized spacial score (nSPS) is 12.6. The van der Waals surface area contributed by atoms with Crippen molar-refractivity contribution >= 4 is 29.9 Å². The van der Waals surface area contributed by atoms with Crippen LogP contribution >= 0.6 is 24.0 Å². The first kappa shape index (κ1) is 23.1. The minimum Gasteiger partial charge on any atom is -0.383 e. The lowest BCUT2D eigenvalue weighted by atomic mass is 10.3. The van der Waals surface area contributed by atoms with Gasteiger partial charge in [0.2, 0.25) is 0 Å². The highest BCUT2D eigenvalue weighted by atomic mass is 127. The molecule has 0 aliphatic heterocycles. The Bertz CT molecular complexity index is 481. The zero-order valence-electron chi connectivity index (χ0n) is 15.3. The highest BCUT2D eigenvalue weighted by molar-refractivity contribution is 14.0. The van der Waals surface area contributed by atoms with Crippen LogP contribution < -0.4 is 10.6 Å². The number of guanidine groups is 1. The fourth-order valence-corrected chi connectivity index (χ4v) is 1.94. The molecule has 0 saturated heterocycles. The minimum absolute atomic E-state index is 0.